The third kappa shape index (κ3) is 6.29. The minimum absolute atomic E-state index is 0.120. The van der Waals surface area contributed by atoms with E-state index in [4.69, 9.17) is 4.74 Å². The number of hydrogen-bond donors (Lipinski definition) is 2. The van der Waals surface area contributed by atoms with Crippen LogP contribution in [-0.2, 0) is 16.1 Å². The number of fused-ring (bicyclic) bond motifs is 2. The number of anilines is 2. The molecule has 6 aliphatic rings. The molecule has 1 saturated carbocycles. The average molecular weight is 704 g/mol. The Morgan fingerprint density at radius 2 is 1.54 bits per heavy atom. The van der Waals surface area contributed by atoms with Gasteiger partial charge >= 0.3 is 0 Å². The van der Waals surface area contributed by atoms with Gasteiger partial charge in [0.15, 0.2) is 0 Å². The van der Waals surface area contributed by atoms with Crippen molar-refractivity contribution in [2.75, 3.05) is 62.2 Å². The summed E-state index contributed by atoms with van der Waals surface area (Å²) in [4.78, 5) is 46.4. The summed E-state index contributed by atoms with van der Waals surface area (Å²) in [6, 6.07) is 20.5. The Hall–Kier alpha value is -4.57. The molecule has 2 N–H and O–H groups in total. The molecule has 10 nitrogen and oxygen atoms in total. The second kappa shape index (κ2) is 13.8. The summed E-state index contributed by atoms with van der Waals surface area (Å²) in [5.74, 6) is 2.52. The number of carbonyl (C=O) groups excluding carboxylic acids is 3. The van der Waals surface area contributed by atoms with E-state index in [-0.39, 0.29) is 29.9 Å². The highest BCUT2D eigenvalue weighted by molar-refractivity contribution is 6.05. The van der Waals surface area contributed by atoms with Gasteiger partial charge in [-0.25, -0.2) is 0 Å². The maximum absolute atomic E-state index is 13.1. The van der Waals surface area contributed by atoms with Crippen molar-refractivity contribution >= 4 is 29.1 Å². The molecule has 3 saturated heterocycles. The van der Waals surface area contributed by atoms with Gasteiger partial charge in [0.1, 0.15) is 17.5 Å². The molecule has 3 aromatic rings. The number of piperidine rings is 2. The summed E-state index contributed by atoms with van der Waals surface area (Å²) in [7, 11) is 0. The van der Waals surface area contributed by atoms with Gasteiger partial charge in [-0.2, -0.15) is 0 Å². The first-order valence-corrected chi connectivity index (χ1v) is 19.4. The molecule has 3 atom stereocenters. The lowest BCUT2D eigenvalue weighted by molar-refractivity contribution is -0.136. The highest BCUT2D eigenvalue weighted by Gasteiger charge is 2.41. The van der Waals surface area contributed by atoms with E-state index < -0.39 is 6.04 Å². The molecule has 5 heterocycles. The van der Waals surface area contributed by atoms with Crippen LogP contribution in [0.25, 0.3) is 0 Å². The average Bonchev–Trinajstić information content (AvgIpc) is 3.46. The van der Waals surface area contributed by atoms with Gasteiger partial charge in [-0.05, 0) is 78.6 Å². The number of piperazine rings is 1. The van der Waals surface area contributed by atoms with Gasteiger partial charge in [0.2, 0.25) is 11.8 Å². The van der Waals surface area contributed by atoms with Gasteiger partial charge in [0.05, 0.1) is 6.61 Å². The van der Waals surface area contributed by atoms with Crippen LogP contribution < -0.4 is 19.9 Å². The largest absolute Gasteiger partial charge is 0.508 e. The minimum Gasteiger partial charge on any atom is -0.508 e. The van der Waals surface area contributed by atoms with E-state index in [2.05, 4.69) is 56.4 Å². The van der Waals surface area contributed by atoms with Crippen LogP contribution in [0.2, 0.25) is 0 Å². The van der Waals surface area contributed by atoms with Gasteiger partial charge in [-0.15, -0.1) is 0 Å². The molecule has 0 radical (unpaired) electrons. The van der Waals surface area contributed by atoms with Crippen LogP contribution in [0.1, 0.15) is 77.9 Å². The number of carbonyl (C=O) groups is 3. The summed E-state index contributed by atoms with van der Waals surface area (Å²) >= 11 is 0. The van der Waals surface area contributed by atoms with E-state index in [1.807, 2.05) is 12.1 Å². The third-order valence-corrected chi connectivity index (χ3v) is 12.9. The van der Waals surface area contributed by atoms with Gasteiger partial charge in [0, 0.05) is 99.2 Å². The number of aromatic hydroxyl groups is 1. The third-order valence-electron chi connectivity index (χ3n) is 12.9. The van der Waals surface area contributed by atoms with Gasteiger partial charge in [0.25, 0.3) is 5.91 Å². The first-order valence-electron chi connectivity index (χ1n) is 19.4. The van der Waals surface area contributed by atoms with Crippen molar-refractivity contribution in [3.63, 3.8) is 0 Å². The van der Waals surface area contributed by atoms with Crippen LogP contribution in [-0.4, -0.2) is 91.1 Å². The predicted octanol–water partition coefficient (Wildman–Crippen LogP) is 5.13. The fourth-order valence-corrected chi connectivity index (χ4v) is 9.70. The van der Waals surface area contributed by atoms with E-state index in [0.29, 0.717) is 42.2 Å². The van der Waals surface area contributed by atoms with E-state index in [9.17, 15) is 19.5 Å². The Kier molecular flexibility index (Phi) is 8.81. The smallest absolute Gasteiger partial charge is 0.255 e. The van der Waals surface area contributed by atoms with Crippen LogP contribution in [0.15, 0.2) is 60.7 Å². The van der Waals surface area contributed by atoms with Crippen LogP contribution >= 0.6 is 0 Å². The number of benzene rings is 3. The Morgan fingerprint density at radius 1 is 0.788 bits per heavy atom. The summed E-state index contributed by atoms with van der Waals surface area (Å²) in [6.07, 6.45) is 6.93. The number of amides is 3. The van der Waals surface area contributed by atoms with E-state index in [1.54, 1.807) is 17.0 Å². The molecule has 9 rings (SSSR count). The molecule has 4 fully saturated rings. The van der Waals surface area contributed by atoms with E-state index in [0.717, 1.165) is 69.4 Å². The van der Waals surface area contributed by atoms with Crippen molar-refractivity contribution in [3.8, 4) is 11.5 Å². The van der Waals surface area contributed by atoms with E-state index >= 15 is 0 Å². The molecule has 0 aromatic heterocycles. The highest BCUT2D eigenvalue weighted by Crippen LogP contribution is 2.50. The molecular formula is C42H49N5O5. The number of nitrogens with one attached hydrogen (secondary N) is 1. The van der Waals surface area contributed by atoms with Gasteiger partial charge in [-0.1, -0.05) is 37.5 Å². The molecular weight excluding hydrogens is 654 g/mol. The van der Waals surface area contributed by atoms with Crippen molar-refractivity contribution in [2.45, 2.75) is 63.5 Å². The standard InChI is InChI=1S/C42H49N5O5/c48-33-9-11-35-38(23-33)52-26-36(28-2-1-3-28)40(35)29-4-6-31(7-5-29)45-16-14-27(15-17-45)24-44-18-20-46(21-19-44)32-8-10-34-30(22-32)25-47(42(34)51)37-12-13-39(49)43-41(37)50/h4-11,22-23,27-28,36-37,40,48H,1-3,12-21,24-26H2,(H,43,49,50)/t36-,37+,40-/m1/s1. The number of phenolic OH excluding ortho intramolecular Hbond substituents is 1. The predicted molar refractivity (Wildman–Crippen MR) is 199 cm³/mol. The maximum atomic E-state index is 13.1. The number of phenols is 1. The van der Waals surface area contributed by atoms with Crippen molar-refractivity contribution in [2.24, 2.45) is 17.8 Å². The highest BCUT2D eigenvalue weighted by atomic mass is 16.5. The molecule has 272 valence electrons. The normalized spacial score (nSPS) is 25.7. The Labute approximate surface area is 305 Å². The second-order valence-corrected chi connectivity index (χ2v) is 15.9. The number of hydrogen-bond acceptors (Lipinski definition) is 8. The summed E-state index contributed by atoms with van der Waals surface area (Å²) in [6.45, 7) is 8.39. The number of imide groups is 1. The molecule has 3 aromatic carbocycles. The molecule has 1 aliphatic carbocycles. The zero-order chi connectivity index (χ0) is 35.3. The van der Waals surface area contributed by atoms with E-state index in [1.165, 1.54) is 48.9 Å². The fraction of sp³-hybridized carbons (Fsp3) is 0.500. The number of rotatable bonds is 7. The van der Waals surface area contributed by atoms with Crippen molar-refractivity contribution in [1.29, 1.82) is 0 Å². The van der Waals surface area contributed by atoms with Crippen molar-refractivity contribution in [3.05, 3.63) is 82.9 Å². The summed E-state index contributed by atoms with van der Waals surface area (Å²) < 4.78 is 6.17. The molecule has 52 heavy (non-hydrogen) atoms. The molecule has 10 heteroatoms. The number of nitrogens with zero attached hydrogens (tertiary/aromatic N) is 4. The van der Waals surface area contributed by atoms with Crippen LogP contribution in [0.3, 0.4) is 0 Å². The molecule has 5 aliphatic heterocycles. The zero-order valence-electron chi connectivity index (χ0n) is 29.8. The second-order valence-electron chi connectivity index (χ2n) is 15.9. The fourth-order valence-electron chi connectivity index (χ4n) is 9.70. The van der Waals surface area contributed by atoms with Crippen LogP contribution in [0.4, 0.5) is 11.4 Å². The number of ether oxygens (including phenoxy) is 1. The SMILES string of the molecule is O=C1CC[C@H](N2Cc3cc(N4CCN(CC5CCN(c6ccc([C@@H]7c8ccc(O)cc8OC[C@@H]7C7CCC7)cc6)CC5)CC4)ccc3C2=O)C(=O)N1. The lowest BCUT2D eigenvalue weighted by Crippen LogP contribution is -2.52. The Bertz CT molecular complexity index is 1840. The zero-order valence-corrected chi connectivity index (χ0v) is 29.8. The van der Waals surface area contributed by atoms with Gasteiger partial charge < -0.3 is 24.5 Å². The Balaban J connectivity index is 0.768. The Morgan fingerprint density at radius 3 is 2.27 bits per heavy atom. The van der Waals surface area contributed by atoms with Crippen LogP contribution in [0, 0.1) is 17.8 Å². The lowest BCUT2D eigenvalue weighted by Gasteiger charge is -2.42. The lowest BCUT2D eigenvalue weighted by atomic mass is 9.66. The monoisotopic (exact) mass is 703 g/mol. The summed E-state index contributed by atoms with van der Waals surface area (Å²) in [5, 5.41) is 12.5. The topological polar surface area (TPSA) is 106 Å². The maximum Gasteiger partial charge on any atom is 0.255 e. The van der Waals surface area contributed by atoms with Crippen molar-refractivity contribution < 1.29 is 24.2 Å². The molecule has 0 spiro atoms. The quantitative estimate of drug-likeness (QED) is 0.327. The van der Waals surface area contributed by atoms with Gasteiger partial charge in [-0.3, -0.25) is 24.6 Å². The minimum atomic E-state index is -0.583. The summed E-state index contributed by atoms with van der Waals surface area (Å²) in [5.41, 5.74) is 6.63. The first kappa shape index (κ1) is 33.3. The molecule has 0 unspecified atom stereocenters. The first-order chi connectivity index (χ1) is 25.4. The molecule has 0 bridgehead atoms. The van der Waals surface area contributed by atoms with Crippen molar-refractivity contribution in [1.82, 2.24) is 15.1 Å². The van der Waals surface area contributed by atoms with Crippen LogP contribution in [0.5, 0.6) is 11.5 Å². The molecule has 3 amide bonds.